The summed E-state index contributed by atoms with van der Waals surface area (Å²) < 4.78 is 19.9. The van der Waals surface area contributed by atoms with Crippen LogP contribution in [0.3, 0.4) is 0 Å². The second-order valence-corrected chi connectivity index (χ2v) is 6.49. The Morgan fingerprint density at radius 2 is 1.92 bits per heavy atom. The molecule has 1 N–H and O–H groups in total. The molecule has 25 heavy (non-hydrogen) atoms. The van der Waals surface area contributed by atoms with E-state index in [1.165, 1.54) is 12.3 Å². The molecule has 3 rings (SSSR count). The summed E-state index contributed by atoms with van der Waals surface area (Å²) in [7, 11) is 0. The molecule has 1 amide bonds. The molecule has 4 nitrogen and oxygen atoms in total. The molecule has 3 aromatic rings. The molecule has 0 aliphatic heterocycles. The van der Waals surface area contributed by atoms with Gasteiger partial charge in [0.15, 0.2) is 0 Å². The van der Waals surface area contributed by atoms with E-state index >= 15 is 0 Å². The number of nitrogens with zero attached hydrogens (tertiary/aromatic N) is 1. The third-order valence-electron chi connectivity index (χ3n) is 3.80. The van der Waals surface area contributed by atoms with Gasteiger partial charge < -0.3 is 9.84 Å². The Bertz CT molecular complexity index is 862. The van der Waals surface area contributed by atoms with Crippen LogP contribution in [0.5, 0.6) is 0 Å². The van der Waals surface area contributed by atoms with Crippen molar-refractivity contribution in [3.05, 3.63) is 76.2 Å². The van der Waals surface area contributed by atoms with Crippen molar-refractivity contribution in [3.8, 4) is 11.3 Å². The highest BCUT2D eigenvalue weighted by Gasteiger charge is 2.15. The minimum Gasteiger partial charge on any atom is -0.364 e. The van der Waals surface area contributed by atoms with E-state index in [9.17, 15) is 9.18 Å². The predicted molar refractivity (Wildman–Crippen MR) is 96.2 cm³/mol. The summed E-state index contributed by atoms with van der Waals surface area (Å²) in [5.74, 6) is -0.444. The van der Waals surface area contributed by atoms with Gasteiger partial charge in [0.05, 0.1) is 0 Å². The minimum atomic E-state index is -0.364. The number of aromatic nitrogens is 1. The maximum absolute atomic E-state index is 13.9. The van der Waals surface area contributed by atoms with Crippen LogP contribution < -0.4 is 5.32 Å². The highest BCUT2D eigenvalue weighted by molar-refractivity contribution is 9.10. The summed E-state index contributed by atoms with van der Waals surface area (Å²) in [5, 5.41) is 6.75. The molecular formula is C19H16BrFN2O2. The summed E-state index contributed by atoms with van der Waals surface area (Å²) >= 11 is 3.37. The van der Waals surface area contributed by atoms with Crippen molar-refractivity contribution in [2.45, 2.75) is 19.4 Å². The van der Waals surface area contributed by atoms with Crippen LogP contribution >= 0.6 is 15.9 Å². The van der Waals surface area contributed by atoms with E-state index in [-0.39, 0.29) is 18.1 Å². The van der Waals surface area contributed by atoms with E-state index in [2.05, 4.69) is 26.4 Å². The van der Waals surface area contributed by atoms with E-state index < -0.39 is 0 Å². The summed E-state index contributed by atoms with van der Waals surface area (Å²) in [5.41, 5.74) is 2.55. The fraction of sp³-hybridized carbons (Fsp3) is 0.158. The lowest BCUT2D eigenvalue weighted by molar-refractivity contribution is -0.121. The number of carbonyl (C=O) groups excluding carboxylic acids is 1. The number of benzene rings is 2. The molecule has 0 aliphatic rings. The van der Waals surface area contributed by atoms with Crippen molar-refractivity contribution in [2.75, 3.05) is 0 Å². The number of aryl methyl sites for hydroxylation is 1. The SMILES string of the molecule is O=C(CCc1conc1-c1ccccc1F)NCc1ccc(Br)cc1. The van der Waals surface area contributed by atoms with Crippen LogP contribution in [0.4, 0.5) is 4.39 Å². The first-order chi connectivity index (χ1) is 12.1. The van der Waals surface area contributed by atoms with Crippen LogP contribution in [0, 0.1) is 5.82 Å². The molecule has 1 heterocycles. The second-order valence-electron chi connectivity index (χ2n) is 5.57. The second kappa shape index (κ2) is 8.07. The summed E-state index contributed by atoms with van der Waals surface area (Å²) in [4.78, 5) is 12.0. The monoisotopic (exact) mass is 402 g/mol. The highest BCUT2D eigenvalue weighted by Crippen LogP contribution is 2.25. The van der Waals surface area contributed by atoms with Gasteiger partial charge in [0.1, 0.15) is 17.8 Å². The number of carbonyl (C=O) groups is 1. The Morgan fingerprint density at radius 1 is 1.16 bits per heavy atom. The highest BCUT2D eigenvalue weighted by atomic mass is 79.9. The molecule has 0 radical (unpaired) electrons. The Balaban J connectivity index is 1.57. The smallest absolute Gasteiger partial charge is 0.220 e. The Kier molecular flexibility index (Phi) is 5.60. The topological polar surface area (TPSA) is 55.1 Å². The predicted octanol–water partition coefficient (Wildman–Crippen LogP) is 4.49. The first kappa shape index (κ1) is 17.4. The molecule has 6 heteroatoms. The van der Waals surface area contributed by atoms with Gasteiger partial charge >= 0.3 is 0 Å². The molecule has 0 bridgehead atoms. The molecule has 2 aromatic carbocycles. The van der Waals surface area contributed by atoms with Crippen LogP contribution in [-0.2, 0) is 17.8 Å². The lowest BCUT2D eigenvalue weighted by atomic mass is 10.0. The summed E-state index contributed by atoms with van der Waals surface area (Å²) in [6.45, 7) is 0.468. The first-order valence-corrected chi connectivity index (χ1v) is 8.62. The van der Waals surface area contributed by atoms with Crippen LogP contribution in [0.2, 0.25) is 0 Å². The van der Waals surface area contributed by atoms with Crippen molar-refractivity contribution >= 4 is 21.8 Å². The molecule has 128 valence electrons. The van der Waals surface area contributed by atoms with Crippen LogP contribution in [0.1, 0.15) is 17.5 Å². The summed E-state index contributed by atoms with van der Waals surface area (Å²) in [6.07, 6.45) is 2.17. The maximum atomic E-state index is 13.9. The normalized spacial score (nSPS) is 10.6. The number of hydrogen-bond acceptors (Lipinski definition) is 3. The van der Waals surface area contributed by atoms with Crippen LogP contribution in [0.15, 0.2) is 63.8 Å². The molecular weight excluding hydrogens is 387 g/mol. The van der Waals surface area contributed by atoms with Gasteiger partial charge in [0.2, 0.25) is 5.91 Å². The zero-order chi connectivity index (χ0) is 17.6. The van der Waals surface area contributed by atoms with Gasteiger partial charge in [-0.2, -0.15) is 0 Å². The Morgan fingerprint density at radius 3 is 2.68 bits per heavy atom. The lowest BCUT2D eigenvalue weighted by Crippen LogP contribution is -2.22. The van der Waals surface area contributed by atoms with Gasteiger partial charge in [-0.25, -0.2) is 4.39 Å². The molecule has 0 spiro atoms. The molecule has 0 unspecified atom stereocenters. The standard InChI is InChI=1S/C19H16BrFN2O2/c20-15-8-5-13(6-9-15)11-22-18(24)10-7-14-12-25-23-19(14)16-3-1-2-4-17(16)21/h1-6,8-9,12H,7,10-11H2,(H,22,24). The number of amides is 1. The zero-order valence-corrected chi connectivity index (χ0v) is 14.9. The van der Waals surface area contributed by atoms with Crippen molar-refractivity contribution < 1.29 is 13.7 Å². The minimum absolute atomic E-state index is 0.0800. The zero-order valence-electron chi connectivity index (χ0n) is 13.3. The average molecular weight is 403 g/mol. The Labute approximate surface area is 153 Å². The third kappa shape index (κ3) is 4.54. The molecule has 1 aromatic heterocycles. The first-order valence-electron chi connectivity index (χ1n) is 7.83. The number of rotatable bonds is 6. The van der Waals surface area contributed by atoms with Crippen molar-refractivity contribution in [1.29, 1.82) is 0 Å². The molecule has 0 saturated carbocycles. The van der Waals surface area contributed by atoms with E-state index in [1.54, 1.807) is 18.2 Å². The average Bonchev–Trinajstić information content (AvgIpc) is 3.08. The molecule has 0 atom stereocenters. The van der Waals surface area contributed by atoms with E-state index in [1.807, 2.05) is 24.3 Å². The number of hydrogen-bond donors (Lipinski definition) is 1. The van der Waals surface area contributed by atoms with Crippen LogP contribution in [-0.4, -0.2) is 11.1 Å². The molecule has 0 saturated heterocycles. The quantitative estimate of drug-likeness (QED) is 0.660. The van der Waals surface area contributed by atoms with Gasteiger partial charge in [-0.1, -0.05) is 45.4 Å². The maximum Gasteiger partial charge on any atom is 0.220 e. The van der Waals surface area contributed by atoms with Crippen molar-refractivity contribution in [3.63, 3.8) is 0 Å². The van der Waals surface area contributed by atoms with Gasteiger partial charge in [-0.15, -0.1) is 0 Å². The lowest BCUT2D eigenvalue weighted by Gasteiger charge is -2.06. The van der Waals surface area contributed by atoms with Gasteiger partial charge in [0, 0.05) is 28.6 Å². The van der Waals surface area contributed by atoms with Gasteiger partial charge in [-0.3, -0.25) is 4.79 Å². The molecule has 0 aliphatic carbocycles. The fourth-order valence-electron chi connectivity index (χ4n) is 2.45. The van der Waals surface area contributed by atoms with Gasteiger partial charge in [-0.05, 0) is 36.2 Å². The number of nitrogens with one attached hydrogen (secondary N) is 1. The fourth-order valence-corrected chi connectivity index (χ4v) is 2.71. The van der Waals surface area contributed by atoms with Crippen molar-refractivity contribution in [2.24, 2.45) is 0 Å². The number of halogens is 2. The van der Waals surface area contributed by atoms with Gasteiger partial charge in [0.25, 0.3) is 0 Å². The van der Waals surface area contributed by atoms with Crippen LogP contribution in [0.25, 0.3) is 11.3 Å². The Hall–Kier alpha value is -2.47. The largest absolute Gasteiger partial charge is 0.364 e. The molecule has 0 fully saturated rings. The third-order valence-corrected chi connectivity index (χ3v) is 4.33. The van der Waals surface area contributed by atoms with Crippen molar-refractivity contribution in [1.82, 2.24) is 10.5 Å². The van der Waals surface area contributed by atoms with E-state index in [0.717, 1.165) is 10.0 Å². The van der Waals surface area contributed by atoms with E-state index in [4.69, 9.17) is 4.52 Å². The summed E-state index contributed by atoms with van der Waals surface area (Å²) in [6, 6.07) is 14.1. The van der Waals surface area contributed by atoms with E-state index in [0.29, 0.717) is 29.8 Å².